The minimum absolute atomic E-state index is 1.00. The highest BCUT2D eigenvalue weighted by atomic mass is 16.5. The normalized spacial score (nSPS) is 19.5. The van der Waals surface area contributed by atoms with Gasteiger partial charge in [-0.05, 0) is 18.4 Å². The first-order valence-electron chi connectivity index (χ1n) is 4.46. The molecule has 0 atom stereocenters. The van der Waals surface area contributed by atoms with Crippen LogP contribution in [0, 0.1) is 0 Å². The van der Waals surface area contributed by atoms with Crippen LogP contribution >= 0.6 is 0 Å². The molecule has 0 heterocycles. The van der Waals surface area contributed by atoms with E-state index >= 15 is 0 Å². The predicted molar refractivity (Wildman–Crippen MR) is 55.2 cm³/mol. The molecule has 0 radical (unpaired) electrons. The second-order valence-electron chi connectivity index (χ2n) is 3.38. The molecule has 1 rings (SSSR count). The Morgan fingerprint density at radius 3 is 2.54 bits per heavy atom. The first-order valence-corrected chi connectivity index (χ1v) is 4.46. The molecule has 72 valence electrons. The van der Waals surface area contributed by atoms with Crippen molar-refractivity contribution in [3.63, 3.8) is 0 Å². The molecule has 2 heteroatoms. The van der Waals surface area contributed by atoms with Crippen LogP contribution in [0.4, 0.5) is 0 Å². The molecule has 0 saturated heterocycles. The molecular weight excluding hydrogens is 162 g/mol. The molecule has 0 unspecified atom stereocenters. The largest absolute Gasteiger partial charge is 0.496 e. The standard InChI is InChI=1S/C11H17NO/c1-5-9-6-7-10(8-12(2)3)11(9)13-4/h5,8H,1,6-7H2,2-4H3/b10-8+. The lowest BCUT2D eigenvalue weighted by Crippen LogP contribution is -2.03. The summed E-state index contributed by atoms with van der Waals surface area (Å²) in [7, 11) is 5.76. The molecule has 0 aromatic rings. The number of rotatable bonds is 3. The minimum atomic E-state index is 1.00. The summed E-state index contributed by atoms with van der Waals surface area (Å²) < 4.78 is 5.34. The smallest absolute Gasteiger partial charge is 0.126 e. The summed E-state index contributed by atoms with van der Waals surface area (Å²) in [6, 6.07) is 0. The Labute approximate surface area is 80.2 Å². The molecular formula is C11H17NO. The third-order valence-electron chi connectivity index (χ3n) is 2.11. The van der Waals surface area contributed by atoms with Crippen molar-refractivity contribution in [2.75, 3.05) is 21.2 Å². The van der Waals surface area contributed by atoms with Crippen LogP contribution < -0.4 is 0 Å². The van der Waals surface area contributed by atoms with Gasteiger partial charge in [0, 0.05) is 25.9 Å². The quantitative estimate of drug-likeness (QED) is 0.659. The zero-order valence-corrected chi connectivity index (χ0v) is 8.63. The van der Waals surface area contributed by atoms with Crippen molar-refractivity contribution < 1.29 is 4.74 Å². The summed E-state index contributed by atoms with van der Waals surface area (Å²) in [5.74, 6) is 1.00. The molecule has 0 aliphatic heterocycles. The topological polar surface area (TPSA) is 12.5 Å². The Hall–Kier alpha value is -1.18. The molecule has 0 saturated carbocycles. The highest BCUT2D eigenvalue weighted by molar-refractivity contribution is 5.41. The van der Waals surface area contributed by atoms with Gasteiger partial charge in [-0.15, -0.1) is 0 Å². The number of nitrogens with zero attached hydrogens (tertiary/aromatic N) is 1. The van der Waals surface area contributed by atoms with E-state index < -0.39 is 0 Å². The van der Waals surface area contributed by atoms with E-state index in [0.717, 1.165) is 18.6 Å². The van der Waals surface area contributed by atoms with Gasteiger partial charge in [0.05, 0.1) is 7.11 Å². The zero-order chi connectivity index (χ0) is 9.84. The molecule has 1 aliphatic carbocycles. The van der Waals surface area contributed by atoms with Crippen LogP contribution in [-0.2, 0) is 4.74 Å². The summed E-state index contributed by atoms with van der Waals surface area (Å²) in [4.78, 5) is 2.04. The Bertz CT molecular complexity index is 261. The van der Waals surface area contributed by atoms with Crippen molar-refractivity contribution in [1.29, 1.82) is 0 Å². The fraction of sp³-hybridized carbons (Fsp3) is 0.455. The van der Waals surface area contributed by atoms with Crippen LogP contribution in [0.1, 0.15) is 12.8 Å². The maximum absolute atomic E-state index is 5.34. The van der Waals surface area contributed by atoms with Crippen molar-refractivity contribution in [3.05, 3.63) is 35.8 Å². The molecule has 0 fully saturated rings. The first-order chi connectivity index (χ1) is 6.19. The van der Waals surface area contributed by atoms with Gasteiger partial charge in [0.25, 0.3) is 0 Å². The fourth-order valence-corrected chi connectivity index (χ4v) is 1.59. The molecule has 0 aromatic carbocycles. The molecule has 13 heavy (non-hydrogen) atoms. The van der Waals surface area contributed by atoms with E-state index in [9.17, 15) is 0 Å². The Kier molecular flexibility index (Phi) is 3.18. The van der Waals surface area contributed by atoms with Gasteiger partial charge in [0.2, 0.25) is 0 Å². The third-order valence-corrected chi connectivity index (χ3v) is 2.11. The lowest BCUT2D eigenvalue weighted by atomic mass is 10.2. The molecule has 2 nitrogen and oxygen atoms in total. The van der Waals surface area contributed by atoms with Gasteiger partial charge >= 0.3 is 0 Å². The zero-order valence-electron chi connectivity index (χ0n) is 8.63. The average molecular weight is 179 g/mol. The SMILES string of the molecule is C=CC1=C(OC)/C(=C/N(C)C)CC1. The summed E-state index contributed by atoms with van der Waals surface area (Å²) in [5.41, 5.74) is 2.48. The van der Waals surface area contributed by atoms with Gasteiger partial charge in [-0.25, -0.2) is 0 Å². The van der Waals surface area contributed by atoms with Crippen molar-refractivity contribution in [2.45, 2.75) is 12.8 Å². The van der Waals surface area contributed by atoms with E-state index in [2.05, 4.69) is 12.8 Å². The van der Waals surface area contributed by atoms with E-state index in [1.165, 1.54) is 11.1 Å². The number of hydrogen-bond acceptors (Lipinski definition) is 2. The Morgan fingerprint density at radius 2 is 2.08 bits per heavy atom. The molecule has 0 spiro atoms. The summed E-state index contributed by atoms with van der Waals surface area (Å²) in [6.45, 7) is 3.78. The molecule has 0 N–H and O–H groups in total. The van der Waals surface area contributed by atoms with Gasteiger partial charge in [-0.1, -0.05) is 12.7 Å². The Balaban J connectivity index is 2.92. The van der Waals surface area contributed by atoms with Crippen molar-refractivity contribution in [3.8, 4) is 0 Å². The highest BCUT2D eigenvalue weighted by Crippen LogP contribution is 2.32. The van der Waals surface area contributed by atoms with E-state index in [4.69, 9.17) is 4.74 Å². The van der Waals surface area contributed by atoms with E-state index in [1.54, 1.807) is 7.11 Å². The van der Waals surface area contributed by atoms with Crippen LogP contribution in [-0.4, -0.2) is 26.1 Å². The van der Waals surface area contributed by atoms with E-state index in [1.807, 2.05) is 25.1 Å². The minimum Gasteiger partial charge on any atom is -0.496 e. The number of methoxy groups -OCH3 is 1. The van der Waals surface area contributed by atoms with Crippen LogP contribution in [0.25, 0.3) is 0 Å². The highest BCUT2D eigenvalue weighted by Gasteiger charge is 2.18. The van der Waals surface area contributed by atoms with Crippen LogP contribution in [0.5, 0.6) is 0 Å². The number of allylic oxidation sites excluding steroid dienone is 3. The number of hydrogen-bond donors (Lipinski definition) is 0. The average Bonchev–Trinajstić information content (AvgIpc) is 2.45. The van der Waals surface area contributed by atoms with Gasteiger partial charge in [-0.3, -0.25) is 0 Å². The number of ether oxygens (including phenoxy) is 1. The Morgan fingerprint density at radius 1 is 1.38 bits per heavy atom. The molecule has 0 aromatic heterocycles. The third kappa shape index (κ3) is 2.14. The van der Waals surface area contributed by atoms with Crippen molar-refractivity contribution in [2.24, 2.45) is 0 Å². The van der Waals surface area contributed by atoms with Crippen molar-refractivity contribution >= 4 is 0 Å². The summed E-state index contributed by atoms with van der Waals surface area (Å²) in [5, 5.41) is 0. The maximum Gasteiger partial charge on any atom is 0.126 e. The second kappa shape index (κ2) is 4.17. The van der Waals surface area contributed by atoms with Crippen LogP contribution in [0.2, 0.25) is 0 Å². The molecule has 1 aliphatic rings. The summed E-state index contributed by atoms with van der Waals surface area (Å²) in [6.07, 6.45) is 6.10. The lowest BCUT2D eigenvalue weighted by Gasteiger charge is -2.09. The molecule has 0 bridgehead atoms. The van der Waals surface area contributed by atoms with Gasteiger partial charge in [-0.2, -0.15) is 0 Å². The molecule has 0 amide bonds. The van der Waals surface area contributed by atoms with Gasteiger partial charge in [0.1, 0.15) is 5.76 Å². The lowest BCUT2D eigenvalue weighted by molar-refractivity contribution is 0.299. The second-order valence-corrected chi connectivity index (χ2v) is 3.38. The van der Waals surface area contributed by atoms with Gasteiger partial charge < -0.3 is 9.64 Å². The van der Waals surface area contributed by atoms with Crippen molar-refractivity contribution in [1.82, 2.24) is 4.90 Å². The van der Waals surface area contributed by atoms with Gasteiger partial charge in [0.15, 0.2) is 0 Å². The van der Waals surface area contributed by atoms with Crippen LogP contribution in [0.3, 0.4) is 0 Å². The van der Waals surface area contributed by atoms with E-state index in [0.29, 0.717) is 0 Å². The van der Waals surface area contributed by atoms with Crippen LogP contribution in [0.15, 0.2) is 35.8 Å². The van der Waals surface area contributed by atoms with E-state index in [-0.39, 0.29) is 0 Å². The predicted octanol–water partition coefficient (Wildman–Crippen LogP) is 2.31. The monoisotopic (exact) mass is 179 g/mol. The maximum atomic E-state index is 5.34. The fourth-order valence-electron chi connectivity index (χ4n) is 1.59. The summed E-state index contributed by atoms with van der Waals surface area (Å²) >= 11 is 0. The first kappa shape index (κ1) is 9.90.